The molecular formula is C8H17FN2O. The molecule has 1 N–H and O–H groups in total. The summed E-state index contributed by atoms with van der Waals surface area (Å²) in [5.41, 5.74) is 0. The van der Waals surface area contributed by atoms with Gasteiger partial charge < -0.3 is 5.11 Å². The molecule has 0 aliphatic carbocycles. The molecule has 1 aliphatic rings. The van der Waals surface area contributed by atoms with E-state index in [9.17, 15) is 4.39 Å². The summed E-state index contributed by atoms with van der Waals surface area (Å²) in [6.45, 7) is 3.19. The maximum atomic E-state index is 13.1. The van der Waals surface area contributed by atoms with Gasteiger partial charge in [0, 0.05) is 32.8 Å². The lowest BCUT2D eigenvalue weighted by molar-refractivity contribution is 0.0160. The molecule has 0 spiro atoms. The number of aliphatic hydroxyl groups is 1. The molecule has 1 atom stereocenters. The molecule has 1 heterocycles. The van der Waals surface area contributed by atoms with Crippen LogP contribution in [0.3, 0.4) is 0 Å². The Hall–Kier alpha value is -0.190. The topological polar surface area (TPSA) is 26.7 Å². The average molecular weight is 176 g/mol. The van der Waals surface area contributed by atoms with E-state index < -0.39 is 6.30 Å². The third-order valence-electron chi connectivity index (χ3n) is 2.29. The molecule has 1 aliphatic heterocycles. The normalized spacial score (nSPS) is 27.8. The van der Waals surface area contributed by atoms with Crippen LogP contribution in [-0.2, 0) is 0 Å². The van der Waals surface area contributed by atoms with E-state index in [-0.39, 0.29) is 6.61 Å². The fraction of sp³-hybridized carbons (Fsp3) is 1.00. The van der Waals surface area contributed by atoms with Crippen molar-refractivity contribution in [3.63, 3.8) is 0 Å². The fourth-order valence-electron chi connectivity index (χ4n) is 1.38. The van der Waals surface area contributed by atoms with Crippen molar-refractivity contribution in [1.29, 1.82) is 0 Å². The Morgan fingerprint density at radius 1 is 1.50 bits per heavy atom. The second-order valence-corrected chi connectivity index (χ2v) is 3.29. The van der Waals surface area contributed by atoms with Gasteiger partial charge in [0.2, 0.25) is 0 Å². The Kier molecular flexibility index (Phi) is 3.91. The van der Waals surface area contributed by atoms with Crippen molar-refractivity contribution in [2.24, 2.45) is 0 Å². The van der Waals surface area contributed by atoms with Crippen molar-refractivity contribution in [3.8, 4) is 0 Å². The van der Waals surface area contributed by atoms with Gasteiger partial charge in [-0.1, -0.05) is 0 Å². The Morgan fingerprint density at radius 3 is 2.83 bits per heavy atom. The summed E-state index contributed by atoms with van der Waals surface area (Å²) in [6.07, 6.45) is -0.0892. The van der Waals surface area contributed by atoms with Crippen molar-refractivity contribution < 1.29 is 9.50 Å². The van der Waals surface area contributed by atoms with E-state index in [4.69, 9.17) is 5.11 Å². The van der Waals surface area contributed by atoms with Crippen LogP contribution in [0.5, 0.6) is 0 Å². The number of aliphatic hydroxyl groups excluding tert-OH is 1. The van der Waals surface area contributed by atoms with E-state index in [2.05, 4.69) is 4.90 Å². The standard InChI is InChI=1S/C8H17FN2O/c1-10-4-5-11(3-2-6-12)7-8(10)9/h8,12H,2-7H2,1H3. The molecule has 0 aromatic carbocycles. The largest absolute Gasteiger partial charge is 0.396 e. The Labute approximate surface area is 72.8 Å². The lowest BCUT2D eigenvalue weighted by atomic mass is 10.3. The van der Waals surface area contributed by atoms with Gasteiger partial charge in [0.25, 0.3) is 0 Å². The van der Waals surface area contributed by atoms with Gasteiger partial charge in [-0.2, -0.15) is 0 Å². The summed E-state index contributed by atoms with van der Waals surface area (Å²) < 4.78 is 13.1. The third kappa shape index (κ3) is 2.69. The summed E-state index contributed by atoms with van der Waals surface area (Å²) in [4.78, 5) is 3.77. The molecule has 0 aromatic heterocycles. The van der Waals surface area contributed by atoms with Crippen LogP contribution in [0.15, 0.2) is 0 Å². The van der Waals surface area contributed by atoms with Crippen LogP contribution >= 0.6 is 0 Å². The summed E-state index contributed by atoms with van der Waals surface area (Å²) in [5.74, 6) is 0. The number of alkyl halides is 1. The van der Waals surface area contributed by atoms with Gasteiger partial charge >= 0.3 is 0 Å². The lowest BCUT2D eigenvalue weighted by Gasteiger charge is -2.35. The number of rotatable bonds is 3. The smallest absolute Gasteiger partial charge is 0.166 e. The van der Waals surface area contributed by atoms with Gasteiger partial charge in [-0.05, 0) is 13.5 Å². The first-order valence-corrected chi connectivity index (χ1v) is 4.41. The molecule has 12 heavy (non-hydrogen) atoms. The van der Waals surface area contributed by atoms with Crippen LogP contribution < -0.4 is 0 Å². The molecule has 1 saturated heterocycles. The average Bonchev–Trinajstić information content (AvgIpc) is 2.07. The number of hydrogen-bond acceptors (Lipinski definition) is 3. The highest BCUT2D eigenvalue weighted by Crippen LogP contribution is 2.08. The SMILES string of the molecule is CN1CCN(CCCO)CC1F. The van der Waals surface area contributed by atoms with E-state index >= 15 is 0 Å². The number of nitrogens with zero attached hydrogens (tertiary/aromatic N) is 2. The van der Waals surface area contributed by atoms with Crippen LogP contribution in [0.1, 0.15) is 6.42 Å². The van der Waals surface area contributed by atoms with Gasteiger partial charge in [0.15, 0.2) is 6.30 Å². The van der Waals surface area contributed by atoms with Crippen molar-refractivity contribution in [2.75, 3.05) is 39.8 Å². The van der Waals surface area contributed by atoms with E-state index in [0.29, 0.717) is 6.54 Å². The Balaban J connectivity index is 2.21. The maximum Gasteiger partial charge on any atom is 0.166 e. The highest BCUT2D eigenvalue weighted by atomic mass is 19.1. The first kappa shape index (κ1) is 9.89. The van der Waals surface area contributed by atoms with Crippen LogP contribution in [-0.4, -0.2) is 61.0 Å². The van der Waals surface area contributed by atoms with Crippen molar-refractivity contribution in [3.05, 3.63) is 0 Å². The lowest BCUT2D eigenvalue weighted by Crippen LogP contribution is -2.49. The highest BCUT2D eigenvalue weighted by Gasteiger charge is 2.22. The quantitative estimate of drug-likeness (QED) is 0.609. The molecule has 0 amide bonds. The van der Waals surface area contributed by atoms with Gasteiger partial charge in [0.1, 0.15) is 0 Å². The minimum absolute atomic E-state index is 0.198. The fourth-order valence-corrected chi connectivity index (χ4v) is 1.38. The Morgan fingerprint density at radius 2 is 2.25 bits per heavy atom. The second kappa shape index (κ2) is 4.74. The van der Waals surface area contributed by atoms with Gasteiger partial charge in [-0.25, -0.2) is 4.39 Å². The van der Waals surface area contributed by atoms with Gasteiger partial charge in [-0.3, -0.25) is 9.80 Å². The van der Waals surface area contributed by atoms with Crippen molar-refractivity contribution >= 4 is 0 Å². The molecule has 1 rings (SSSR count). The predicted molar refractivity (Wildman–Crippen MR) is 45.7 cm³/mol. The number of halogens is 1. The minimum Gasteiger partial charge on any atom is -0.396 e. The molecule has 1 fully saturated rings. The van der Waals surface area contributed by atoms with Gasteiger partial charge in [-0.15, -0.1) is 0 Å². The molecule has 0 aromatic rings. The highest BCUT2D eigenvalue weighted by molar-refractivity contribution is 4.72. The zero-order valence-electron chi connectivity index (χ0n) is 7.54. The molecule has 0 saturated carbocycles. The molecule has 1 unspecified atom stereocenters. The minimum atomic E-state index is -0.836. The molecule has 4 heteroatoms. The molecule has 0 radical (unpaired) electrons. The first-order valence-electron chi connectivity index (χ1n) is 4.41. The van der Waals surface area contributed by atoms with E-state index in [1.807, 2.05) is 0 Å². The number of hydrogen-bond donors (Lipinski definition) is 1. The molecular weight excluding hydrogens is 159 g/mol. The van der Waals surface area contributed by atoms with E-state index in [1.54, 1.807) is 11.9 Å². The van der Waals surface area contributed by atoms with Crippen LogP contribution in [0, 0.1) is 0 Å². The van der Waals surface area contributed by atoms with E-state index in [0.717, 1.165) is 26.1 Å². The Bertz CT molecular complexity index is 132. The summed E-state index contributed by atoms with van der Waals surface area (Å²) in [7, 11) is 1.80. The van der Waals surface area contributed by atoms with Gasteiger partial charge in [0.05, 0.1) is 0 Å². The maximum absolute atomic E-state index is 13.1. The summed E-state index contributed by atoms with van der Waals surface area (Å²) in [5, 5.41) is 8.58. The molecule has 0 bridgehead atoms. The monoisotopic (exact) mass is 176 g/mol. The summed E-state index contributed by atoms with van der Waals surface area (Å²) in [6, 6.07) is 0. The number of piperazine rings is 1. The molecule has 72 valence electrons. The second-order valence-electron chi connectivity index (χ2n) is 3.29. The van der Waals surface area contributed by atoms with Crippen LogP contribution in [0.25, 0.3) is 0 Å². The first-order chi connectivity index (χ1) is 5.74. The van der Waals surface area contributed by atoms with Crippen LogP contribution in [0.4, 0.5) is 4.39 Å². The molecule has 3 nitrogen and oxygen atoms in total. The third-order valence-corrected chi connectivity index (χ3v) is 2.29. The summed E-state index contributed by atoms with van der Waals surface area (Å²) >= 11 is 0. The van der Waals surface area contributed by atoms with Crippen molar-refractivity contribution in [1.82, 2.24) is 9.80 Å². The predicted octanol–water partition coefficient (Wildman–Crippen LogP) is -0.0882. The number of likely N-dealkylation sites (N-methyl/N-ethyl adjacent to an activating group) is 1. The zero-order chi connectivity index (χ0) is 8.97. The van der Waals surface area contributed by atoms with Crippen LogP contribution in [0.2, 0.25) is 0 Å². The zero-order valence-corrected chi connectivity index (χ0v) is 7.54. The van der Waals surface area contributed by atoms with Crippen molar-refractivity contribution in [2.45, 2.75) is 12.7 Å². The van der Waals surface area contributed by atoms with E-state index in [1.165, 1.54) is 0 Å².